The molecule has 1 aliphatic rings. The van der Waals surface area contributed by atoms with Gasteiger partial charge in [0.1, 0.15) is 5.75 Å². The summed E-state index contributed by atoms with van der Waals surface area (Å²) in [5, 5.41) is 8.99. The van der Waals surface area contributed by atoms with Crippen molar-refractivity contribution >= 4 is 0 Å². The average Bonchev–Trinajstić information content (AvgIpc) is 2.45. The van der Waals surface area contributed by atoms with Crippen LogP contribution in [0.15, 0.2) is 30.4 Å². The van der Waals surface area contributed by atoms with Crippen LogP contribution < -0.4 is 4.74 Å². The Morgan fingerprint density at radius 2 is 2.30 bits per heavy atom. The van der Waals surface area contributed by atoms with Crippen molar-refractivity contribution < 1.29 is 4.74 Å². The van der Waals surface area contributed by atoms with Crippen LogP contribution in [0.2, 0.25) is 0 Å². The molecule has 0 N–H and O–H groups in total. The maximum Gasteiger partial charge on any atom is 0.119 e. The highest BCUT2D eigenvalue weighted by Gasteiger charge is 2.40. The quantitative estimate of drug-likeness (QED) is 0.759. The first kappa shape index (κ1) is 14.7. The van der Waals surface area contributed by atoms with E-state index in [1.54, 1.807) is 7.11 Å². The molecule has 0 heterocycles. The molecular weight excluding hydrogens is 246 g/mol. The molecule has 0 saturated carbocycles. The largest absolute Gasteiger partial charge is 0.497 e. The maximum absolute atomic E-state index is 8.99. The molecule has 2 atom stereocenters. The maximum atomic E-state index is 8.99. The van der Waals surface area contributed by atoms with Crippen molar-refractivity contribution in [2.24, 2.45) is 5.92 Å². The van der Waals surface area contributed by atoms with Gasteiger partial charge in [0, 0.05) is 11.8 Å². The standard InChI is InChI=1S/C18H23NO/c1-13(2)16-9-7-14-6-8-15(20-4)12-17(14)18(16,3)10-5-11-19/h6,8,12,16H,1,5,7,9-10H2,2-4H3/t16-,18-/m0/s1. The summed E-state index contributed by atoms with van der Waals surface area (Å²) in [7, 11) is 1.70. The molecule has 0 spiro atoms. The van der Waals surface area contributed by atoms with E-state index in [1.807, 2.05) is 6.07 Å². The molecule has 2 rings (SSSR count). The SMILES string of the molecule is C=C(C)[C@@H]1CCc2ccc(OC)cc2[C@@]1(C)CCC#N. The second-order valence-electron chi connectivity index (χ2n) is 6.04. The Morgan fingerprint density at radius 1 is 1.55 bits per heavy atom. The van der Waals surface area contributed by atoms with Crippen molar-refractivity contribution in [3.8, 4) is 11.8 Å². The molecule has 0 fully saturated rings. The van der Waals surface area contributed by atoms with Crippen LogP contribution in [0.3, 0.4) is 0 Å². The number of nitriles is 1. The molecule has 2 heteroatoms. The van der Waals surface area contributed by atoms with Gasteiger partial charge in [0.2, 0.25) is 0 Å². The molecule has 1 aromatic rings. The van der Waals surface area contributed by atoms with E-state index in [4.69, 9.17) is 10.00 Å². The van der Waals surface area contributed by atoms with Gasteiger partial charge in [0.15, 0.2) is 0 Å². The third kappa shape index (κ3) is 2.45. The fourth-order valence-corrected chi connectivity index (χ4v) is 3.65. The molecular formula is C18H23NO. The number of allylic oxidation sites excluding steroid dienone is 1. The van der Waals surface area contributed by atoms with Gasteiger partial charge >= 0.3 is 0 Å². The molecule has 0 radical (unpaired) electrons. The highest BCUT2D eigenvalue weighted by atomic mass is 16.5. The Hall–Kier alpha value is -1.75. The molecule has 2 nitrogen and oxygen atoms in total. The van der Waals surface area contributed by atoms with Crippen LogP contribution in [0.4, 0.5) is 0 Å². The summed E-state index contributed by atoms with van der Waals surface area (Å²) < 4.78 is 5.39. The number of aryl methyl sites for hydroxylation is 1. The number of nitrogens with zero attached hydrogens (tertiary/aromatic N) is 1. The monoisotopic (exact) mass is 269 g/mol. The van der Waals surface area contributed by atoms with E-state index in [-0.39, 0.29) is 5.41 Å². The minimum absolute atomic E-state index is 0.0102. The molecule has 1 aliphatic carbocycles. The number of hydrogen-bond acceptors (Lipinski definition) is 2. The lowest BCUT2D eigenvalue weighted by atomic mass is 9.60. The lowest BCUT2D eigenvalue weighted by Gasteiger charge is -2.43. The lowest BCUT2D eigenvalue weighted by Crippen LogP contribution is -2.37. The van der Waals surface area contributed by atoms with Gasteiger partial charge in [-0.1, -0.05) is 25.1 Å². The van der Waals surface area contributed by atoms with Crippen LogP contribution in [0, 0.1) is 17.2 Å². The number of benzene rings is 1. The van der Waals surface area contributed by atoms with Crippen molar-refractivity contribution in [3.63, 3.8) is 0 Å². The van der Waals surface area contributed by atoms with E-state index in [0.717, 1.165) is 25.0 Å². The zero-order valence-corrected chi connectivity index (χ0v) is 12.7. The van der Waals surface area contributed by atoms with Crippen LogP contribution in [0.5, 0.6) is 5.75 Å². The predicted octanol–water partition coefficient (Wildman–Crippen LogP) is 4.40. The van der Waals surface area contributed by atoms with Gasteiger partial charge < -0.3 is 4.74 Å². The van der Waals surface area contributed by atoms with E-state index in [0.29, 0.717) is 12.3 Å². The van der Waals surface area contributed by atoms with Crippen LogP contribution in [0.25, 0.3) is 0 Å². The van der Waals surface area contributed by atoms with Crippen molar-refractivity contribution in [1.29, 1.82) is 5.26 Å². The van der Waals surface area contributed by atoms with Gasteiger partial charge in [0.25, 0.3) is 0 Å². The highest BCUT2D eigenvalue weighted by molar-refractivity contribution is 5.44. The summed E-state index contributed by atoms with van der Waals surface area (Å²) in [4.78, 5) is 0. The summed E-state index contributed by atoms with van der Waals surface area (Å²) >= 11 is 0. The average molecular weight is 269 g/mol. The highest BCUT2D eigenvalue weighted by Crippen LogP contribution is 2.48. The summed E-state index contributed by atoms with van der Waals surface area (Å²) in [6.07, 6.45) is 3.66. The van der Waals surface area contributed by atoms with Gasteiger partial charge in [-0.05, 0) is 55.4 Å². The topological polar surface area (TPSA) is 33.0 Å². The van der Waals surface area contributed by atoms with Crippen molar-refractivity contribution in [2.75, 3.05) is 7.11 Å². The second-order valence-corrected chi connectivity index (χ2v) is 6.04. The first-order valence-electron chi connectivity index (χ1n) is 7.22. The van der Waals surface area contributed by atoms with Gasteiger partial charge in [-0.2, -0.15) is 5.26 Å². The Balaban J connectivity index is 2.52. The molecule has 0 amide bonds. The third-order valence-electron chi connectivity index (χ3n) is 4.75. The number of hydrogen-bond donors (Lipinski definition) is 0. The normalized spacial score (nSPS) is 24.6. The third-order valence-corrected chi connectivity index (χ3v) is 4.75. The fraction of sp³-hybridized carbons (Fsp3) is 0.500. The zero-order chi connectivity index (χ0) is 14.8. The van der Waals surface area contributed by atoms with Crippen molar-refractivity contribution in [1.82, 2.24) is 0 Å². The van der Waals surface area contributed by atoms with Gasteiger partial charge in [0.05, 0.1) is 13.2 Å². The zero-order valence-electron chi connectivity index (χ0n) is 12.7. The molecule has 20 heavy (non-hydrogen) atoms. The van der Waals surface area contributed by atoms with Gasteiger partial charge in [-0.3, -0.25) is 0 Å². The Bertz CT molecular complexity index is 555. The summed E-state index contributed by atoms with van der Waals surface area (Å²) in [6, 6.07) is 8.66. The van der Waals surface area contributed by atoms with Gasteiger partial charge in [-0.25, -0.2) is 0 Å². The molecule has 0 aliphatic heterocycles. The summed E-state index contributed by atoms with van der Waals surface area (Å²) in [5.74, 6) is 1.34. The first-order valence-corrected chi connectivity index (χ1v) is 7.22. The van der Waals surface area contributed by atoms with Crippen molar-refractivity contribution in [2.45, 2.75) is 44.9 Å². The molecule has 0 unspecified atom stereocenters. The lowest BCUT2D eigenvalue weighted by molar-refractivity contribution is 0.276. The van der Waals surface area contributed by atoms with Crippen LogP contribution in [0.1, 0.15) is 44.2 Å². The van der Waals surface area contributed by atoms with E-state index in [9.17, 15) is 0 Å². The number of rotatable bonds is 4. The van der Waals surface area contributed by atoms with E-state index < -0.39 is 0 Å². The first-order chi connectivity index (χ1) is 9.52. The molecule has 0 bridgehead atoms. The number of methoxy groups -OCH3 is 1. The van der Waals surface area contributed by atoms with Gasteiger partial charge in [-0.15, -0.1) is 0 Å². The molecule has 0 saturated heterocycles. The minimum Gasteiger partial charge on any atom is -0.497 e. The fourth-order valence-electron chi connectivity index (χ4n) is 3.65. The predicted molar refractivity (Wildman–Crippen MR) is 81.8 cm³/mol. The smallest absolute Gasteiger partial charge is 0.119 e. The molecule has 1 aromatic carbocycles. The van der Waals surface area contributed by atoms with E-state index in [1.165, 1.54) is 16.7 Å². The van der Waals surface area contributed by atoms with E-state index >= 15 is 0 Å². The second kappa shape index (κ2) is 5.71. The van der Waals surface area contributed by atoms with E-state index in [2.05, 4.69) is 38.6 Å². The summed E-state index contributed by atoms with van der Waals surface area (Å²) in [5.41, 5.74) is 3.94. The molecule has 0 aromatic heterocycles. The number of fused-ring (bicyclic) bond motifs is 1. The van der Waals surface area contributed by atoms with Crippen LogP contribution in [-0.2, 0) is 11.8 Å². The Morgan fingerprint density at radius 3 is 2.90 bits per heavy atom. The van der Waals surface area contributed by atoms with Crippen LogP contribution in [-0.4, -0.2) is 7.11 Å². The Labute approximate surface area is 122 Å². The summed E-state index contributed by atoms with van der Waals surface area (Å²) in [6.45, 7) is 8.57. The number of ether oxygens (including phenoxy) is 1. The van der Waals surface area contributed by atoms with Crippen molar-refractivity contribution in [3.05, 3.63) is 41.5 Å². The minimum atomic E-state index is -0.0102. The molecule has 106 valence electrons. The van der Waals surface area contributed by atoms with Crippen LogP contribution >= 0.6 is 0 Å². The Kier molecular flexibility index (Phi) is 4.18.